The zero-order chi connectivity index (χ0) is 29.7. The fourth-order valence-corrected chi connectivity index (χ4v) is 5.37. The zero-order valence-corrected chi connectivity index (χ0v) is 23.8. The Morgan fingerprint density at radius 3 is 2.59 bits per heavy atom. The molecule has 1 aliphatic rings. The summed E-state index contributed by atoms with van der Waals surface area (Å²) in [6.07, 6.45) is 1.63. The van der Waals surface area contributed by atoms with Crippen molar-refractivity contribution in [2.24, 2.45) is 11.1 Å². The number of halogens is 3. The second kappa shape index (κ2) is 13.0. The van der Waals surface area contributed by atoms with Crippen molar-refractivity contribution in [2.75, 3.05) is 26.4 Å². The van der Waals surface area contributed by atoms with Gasteiger partial charge < -0.3 is 20.6 Å². The molecule has 1 aliphatic heterocycles. The van der Waals surface area contributed by atoms with Gasteiger partial charge >= 0.3 is 6.03 Å². The summed E-state index contributed by atoms with van der Waals surface area (Å²) < 4.78 is 44.1. The first-order valence-electron chi connectivity index (χ1n) is 14.0. The predicted molar refractivity (Wildman–Crippen MR) is 151 cm³/mol. The van der Waals surface area contributed by atoms with Crippen LogP contribution in [0, 0.1) is 17.0 Å². The molecule has 222 valence electrons. The van der Waals surface area contributed by atoms with Crippen LogP contribution < -0.4 is 5.73 Å². The van der Waals surface area contributed by atoms with E-state index >= 15 is 0 Å². The zero-order valence-electron chi connectivity index (χ0n) is 23.8. The second-order valence-corrected chi connectivity index (χ2v) is 11.7. The van der Waals surface area contributed by atoms with E-state index in [0.717, 1.165) is 30.2 Å². The van der Waals surface area contributed by atoms with Crippen LogP contribution >= 0.6 is 0 Å². The number of carbonyl (C=O) groups is 1. The molecule has 3 N–H and O–H groups in total. The molecule has 2 heterocycles. The Morgan fingerprint density at radius 1 is 1.20 bits per heavy atom. The number of alkyl halides is 1. The fraction of sp³-hybridized carbons (Fsp3) is 0.500. The number of benzene rings is 2. The van der Waals surface area contributed by atoms with Crippen LogP contribution in [-0.4, -0.2) is 74.2 Å². The van der Waals surface area contributed by atoms with Gasteiger partial charge in [-0.15, -0.1) is 0 Å². The lowest BCUT2D eigenvalue weighted by Crippen LogP contribution is -2.52. The minimum atomic E-state index is -0.766. The lowest BCUT2D eigenvalue weighted by Gasteiger charge is -2.42. The first-order valence-corrected chi connectivity index (χ1v) is 14.0. The molecule has 1 aromatic heterocycles. The number of aliphatic hydroxyl groups excluding tert-OH is 1. The van der Waals surface area contributed by atoms with Gasteiger partial charge in [0.2, 0.25) is 0 Å². The van der Waals surface area contributed by atoms with Crippen molar-refractivity contribution in [3.63, 3.8) is 0 Å². The van der Waals surface area contributed by atoms with Crippen LogP contribution in [0.2, 0.25) is 0 Å². The molecule has 0 saturated carbocycles. The maximum absolute atomic E-state index is 14.9. The molecule has 1 fully saturated rings. The van der Waals surface area contributed by atoms with Gasteiger partial charge in [0.15, 0.2) is 11.6 Å². The average Bonchev–Trinajstić information content (AvgIpc) is 3.58. The van der Waals surface area contributed by atoms with Gasteiger partial charge in [-0.1, -0.05) is 51.1 Å². The normalized spacial score (nSPS) is 17.1. The molecule has 0 aliphatic carbocycles. The summed E-state index contributed by atoms with van der Waals surface area (Å²) in [6.45, 7) is 5.81. The van der Waals surface area contributed by atoms with Gasteiger partial charge in [0.25, 0.3) is 0 Å². The molecule has 0 spiro atoms. The van der Waals surface area contributed by atoms with Crippen LogP contribution in [0.5, 0.6) is 0 Å². The van der Waals surface area contributed by atoms with Crippen LogP contribution in [0.4, 0.5) is 18.0 Å². The number of aliphatic hydroxyl groups is 1. The van der Waals surface area contributed by atoms with E-state index in [1.165, 1.54) is 0 Å². The lowest BCUT2D eigenvalue weighted by molar-refractivity contribution is 0.0704. The van der Waals surface area contributed by atoms with E-state index in [1.807, 2.05) is 51.1 Å². The summed E-state index contributed by atoms with van der Waals surface area (Å²) in [4.78, 5) is 22.2. The number of likely N-dealkylation sites (tertiary alicyclic amines) is 1. The first-order chi connectivity index (χ1) is 19.5. The molecule has 1 unspecified atom stereocenters. The third-order valence-corrected chi connectivity index (χ3v) is 7.44. The predicted octanol–water partition coefficient (Wildman–Crippen LogP) is 4.92. The number of amides is 2. The van der Waals surface area contributed by atoms with E-state index in [9.17, 15) is 23.1 Å². The monoisotopic (exact) mass is 572 g/mol. The smallest absolute Gasteiger partial charge is 0.320 e. The third-order valence-electron chi connectivity index (χ3n) is 7.44. The Balaban J connectivity index is 1.87. The highest BCUT2D eigenvalue weighted by atomic mass is 19.1. The van der Waals surface area contributed by atoms with Crippen molar-refractivity contribution in [3.05, 3.63) is 71.6 Å². The van der Waals surface area contributed by atoms with Crippen LogP contribution in [0.15, 0.2) is 48.5 Å². The van der Waals surface area contributed by atoms with Gasteiger partial charge in [-0.2, -0.15) is 5.10 Å². The van der Waals surface area contributed by atoms with Gasteiger partial charge in [-0.05, 0) is 48.4 Å². The first kappa shape index (κ1) is 30.5. The molecule has 3 atom stereocenters. The van der Waals surface area contributed by atoms with E-state index in [2.05, 4.69) is 5.10 Å². The summed E-state index contributed by atoms with van der Waals surface area (Å²) >= 11 is 0. The number of nitrogens with zero attached hydrogens (tertiary/aromatic N) is 5. The minimum Gasteiger partial charge on any atom is -0.394 e. The molecule has 0 bridgehead atoms. The van der Waals surface area contributed by atoms with E-state index in [4.69, 9.17) is 10.7 Å². The third kappa shape index (κ3) is 7.08. The van der Waals surface area contributed by atoms with E-state index in [0.29, 0.717) is 18.8 Å². The van der Waals surface area contributed by atoms with Crippen molar-refractivity contribution in [1.82, 2.24) is 24.6 Å². The maximum Gasteiger partial charge on any atom is 0.320 e. The topological polar surface area (TPSA) is 101 Å². The van der Waals surface area contributed by atoms with Crippen LogP contribution in [-0.2, 0) is 6.54 Å². The molecule has 0 radical (unpaired) electrons. The highest BCUT2D eigenvalue weighted by molar-refractivity contribution is 5.76. The Bertz CT molecular complexity index is 1310. The SMILES string of the molecule is CC(C)(C)C(c1nc(-c2cc(F)ccc2F)nn1Cc1ccccc1)N(CC[C@H](N)CF)C(=O)N1CCC[C@@H]1CO. The number of hydrogen-bond donors (Lipinski definition) is 2. The highest BCUT2D eigenvalue weighted by Gasteiger charge is 2.42. The highest BCUT2D eigenvalue weighted by Crippen LogP contribution is 2.40. The summed E-state index contributed by atoms with van der Waals surface area (Å²) in [6, 6.07) is 10.5. The fourth-order valence-electron chi connectivity index (χ4n) is 5.37. The van der Waals surface area contributed by atoms with E-state index in [-0.39, 0.29) is 49.6 Å². The molecule has 4 rings (SSSR count). The summed E-state index contributed by atoms with van der Waals surface area (Å²) in [5.41, 5.74) is 6.12. The Kier molecular flexibility index (Phi) is 9.70. The second-order valence-electron chi connectivity index (χ2n) is 11.7. The number of carbonyl (C=O) groups excluding carboxylic acids is 1. The van der Waals surface area contributed by atoms with Gasteiger partial charge in [0.1, 0.15) is 18.3 Å². The van der Waals surface area contributed by atoms with Crippen LogP contribution in [0.1, 0.15) is 57.5 Å². The van der Waals surface area contributed by atoms with Crippen molar-refractivity contribution in [3.8, 4) is 11.4 Å². The van der Waals surface area contributed by atoms with Crippen molar-refractivity contribution in [1.29, 1.82) is 0 Å². The van der Waals surface area contributed by atoms with E-state index in [1.54, 1.807) is 14.5 Å². The number of nitrogens with two attached hydrogens (primary N) is 1. The summed E-state index contributed by atoms with van der Waals surface area (Å²) in [7, 11) is 0. The molecule has 1 saturated heterocycles. The molecule has 8 nitrogen and oxygen atoms in total. The summed E-state index contributed by atoms with van der Waals surface area (Å²) in [5, 5.41) is 14.6. The van der Waals surface area contributed by atoms with Gasteiger partial charge in [-0.3, -0.25) is 0 Å². The quantitative estimate of drug-likeness (QED) is 0.359. The number of aromatic nitrogens is 3. The molecular weight excluding hydrogens is 533 g/mol. The average molecular weight is 573 g/mol. The number of rotatable bonds is 10. The number of urea groups is 1. The van der Waals surface area contributed by atoms with Crippen molar-refractivity contribution >= 4 is 6.03 Å². The van der Waals surface area contributed by atoms with Crippen molar-refractivity contribution in [2.45, 2.75) is 64.7 Å². The molecular formula is C30H39F3N6O2. The largest absolute Gasteiger partial charge is 0.394 e. The number of hydrogen-bond acceptors (Lipinski definition) is 5. The maximum atomic E-state index is 14.9. The van der Waals surface area contributed by atoms with Crippen LogP contribution in [0.25, 0.3) is 11.4 Å². The van der Waals surface area contributed by atoms with Gasteiger partial charge in [0.05, 0.1) is 30.8 Å². The standard InChI is InChI=1S/C30H39F3N6O2/c1-30(2,3)26(38(15-13-22(34)17-31)29(41)37-14-7-10-23(37)19-40)28-35-27(24-16-21(32)11-12-25(24)33)36-39(28)18-20-8-5-4-6-9-20/h4-6,8-9,11-12,16,22-23,26,40H,7,10,13-15,17-19,34H2,1-3H3/t22-,23+,26?/m0/s1. The van der Waals surface area contributed by atoms with Gasteiger partial charge in [0, 0.05) is 19.1 Å². The Labute approximate surface area is 239 Å². The van der Waals surface area contributed by atoms with Crippen molar-refractivity contribution < 1.29 is 23.1 Å². The molecule has 2 amide bonds. The Hall–Kier alpha value is -3.44. The lowest BCUT2D eigenvalue weighted by atomic mass is 9.84. The van der Waals surface area contributed by atoms with Gasteiger partial charge in [-0.25, -0.2) is 27.6 Å². The van der Waals surface area contributed by atoms with Crippen LogP contribution in [0.3, 0.4) is 0 Å². The Morgan fingerprint density at radius 2 is 1.93 bits per heavy atom. The minimum absolute atomic E-state index is 0.00977. The molecule has 11 heteroatoms. The summed E-state index contributed by atoms with van der Waals surface area (Å²) in [5.74, 6) is -0.936. The molecule has 3 aromatic rings. The van der Waals surface area contributed by atoms with E-state index < -0.39 is 35.8 Å². The molecule has 41 heavy (non-hydrogen) atoms. The molecule has 2 aromatic carbocycles.